The highest BCUT2D eigenvalue weighted by Gasteiger charge is 2.24. The van der Waals surface area contributed by atoms with E-state index in [0.29, 0.717) is 12.7 Å². The van der Waals surface area contributed by atoms with Crippen LogP contribution >= 0.6 is 0 Å². The zero-order valence-corrected chi connectivity index (χ0v) is 12.6. The van der Waals surface area contributed by atoms with Crippen LogP contribution in [0.25, 0.3) is 11.2 Å². The summed E-state index contributed by atoms with van der Waals surface area (Å²) < 4.78 is 61.3. The molecule has 130 valence electrons. The summed E-state index contributed by atoms with van der Waals surface area (Å²) in [7, 11) is 0. The van der Waals surface area contributed by atoms with E-state index >= 15 is 0 Å². The molecule has 1 saturated heterocycles. The van der Waals surface area contributed by atoms with Crippen molar-refractivity contribution in [3.8, 4) is 0 Å². The number of halogens is 4. The van der Waals surface area contributed by atoms with E-state index in [0.717, 1.165) is 12.5 Å². The van der Waals surface area contributed by atoms with E-state index < -0.39 is 35.6 Å². The maximum atomic E-state index is 13.7. The lowest BCUT2D eigenvalue weighted by Gasteiger charge is -2.27. The fraction of sp³-hybridized carbons (Fsp3) is 0.267. The number of hydrogen-bond acceptors (Lipinski definition) is 5. The van der Waals surface area contributed by atoms with Gasteiger partial charge in [0.25, 0.3) is 0 Å². The standard InChI is InChI=1S/C15H11F4N5O/c16-8-1-2-9(17)11(18)7(8)5-20-13-12-14(23-15(19)22-13)24(6-21-12)10-3-4-25-10/h1-2,6,10H,3-5H2,(H,20,22,23). The monoisotopic (exact) mass is 353 g/mol. The number of aromatic nitrogens is 4. The highest BCUT2D eigenvalue weighted by molar-refractivity contribution is 5.82. The van der Waals surface area contributed by atoms with Gasteiger partial charge in [0.05, 0.1) is 12.9 Å². The fourth-order valence-corrected chi connectivity index (χ4v) is 2.57. The van der Waals surface area contributed by atoms with E-state index in [9.17, 15) is 17.6 Å². The molecule has 0 spiro atoms. The summed E-state index contributed by atoms with van der Waals surface area (Å²) in [4.78, 5) is 11.4. The van der Waals surface area contributed by atoms with Gasteiger partial charge in [-0.3, -0.25) is 4.57 Å². The van der Waals surface area contributed by atoms with Crippen LogP contribution in [0.2, 0.25) is 0 Å². The summed E-state index contributed by atoms with van der Waals surface area (Å²) in [6, 6.07) is 1.51. The summed E-state index contributed by atoms with van der Waals surface area (Å²) in [5, 5.41) is 2.59. The maximum Gasteiger partial charge on any atom is 0.312 e. The minimum atomic E-state index is -1.31. The highest BCUT2D eigenvalue weighted by atomic mass is 19.2. The topological polar surface area (TPSA) is 64.9 Å². The van der Waals surface area contributed by atoms with Crippen molar-refractivity contribution in [1.29, 1.82) is 0 Å². The third kappa shape index (κ3) is 2.68. The van der Waals surface area contributed by atoms with E-state index in [1.54, 1.807) is 4.57 Å². The molecule has 25 heavy (non-hydrogen) atoms. The smallest absolute Gasteiger partial charge is 0.312 e. The predicted molar refractivity (Wildman–Crippen MR) is 78.5 cm³/mol. The largest absolute Gasteiger partial charge is 0.364 e. The molecule has 4 rings (SSSR count). The van der Waals surface area contributed by atoms with Crippen LogP contribution in [0.5, 0.6) is 0 Å². The average molecular weight is 353 g/mol. The van der Waals surface area contributed by atoms with Gasteiger partial charge in [-0.15, -0.1) is 0 Å². The number of imidazole rings is 1. The Bertz CT molecular complexity index is 957. The minimum Gasteiger partial charge on any atom is -0.364 e. The zero-order valence-electron chi connectivity index (χ0n) is 12.6. The first-order valence-corrected chi connectivity index (χ1v) is 7.42. The van der Waals surface area contributed by atoms with E-state index in [-0.39, 0.29) is 23.2 Å². The van der Waals surface area contributed by atoms with E-state index in [1.165, 1.54) is 6.33 Å². The Balaban J connectivity index is 1.68. The third-order valence-corrected chi connectivity index (χ3v) is 3.95. The van der Waals surface area contributed by atoms with Crippen LogP contribution in [0, 0.1) is 23.5 Å². The van der Waals surface area contributed by atoms with E-state index in [4.69, 9.17) is 4.74 Å². The third-order valence-electron chi connectivity index (χ3n) is 3.95. The number of nitrogens with zero attached hydrogens (tertiary/aromatic N) is 4. The van der Waals surface area contributed by atoms with E-state index in [1.807, 2.05) is 0 Å². The fourth-order valence-electron chi connectivity index (χ4n) is 2.57. The van der Waals surface area contributed by atoms with Crippen LogP contribution in [0.4, 0.5) is 23.4 Å². The normalized spacial score (nSPS) is 16.9. The van der Waals surface area contributed by atoms with Crippen molar-refractivity contribution >= 4 is 17.0 Å². The van der Waals surface area contributed by atoms with Gasteiger partial charge in [0.15, 0.2) is 28.6 Å². The molecule has 1 aromatic carbocycles. The van der Waals surface area contributed by atoms with Gasteiger partial charge in [0.1, 0.15) is 12.0 Å². The van der Waals surface area contributed by atoms with Crippen molar-refractivity contribution in [2.45, 2.75) is 19.2 Å². The molecule has 1 N–H and O–H groups in total. The lowest BCUT2D eigenvalue weighted by Crippen LogP contribution is -2.24. The van der Waals surface area contributed by atoms with Crippen molar-refractivity contribution in [3.05, 3.63) is 47.6 Å². The molecule has 1 aliphatic rings. The van der Waals surface area contributed by atoms with Gasteiger partial charge in [0.2, 0.25) is 0 Å². The predicted octanol–water partition coefficient (Wildman–Crippen LogP) is 2.91. The molecule has 1 atom stereocenters. The van der Waals surface area contributed by atoms with Crippen molar-refractivity contribution in [1.82, 2.24) is 19.5 Å². The molecule has 1 fully saturated rings. The second kappa shape index (κ2) is 5.96. The Kier molecular flexibility index (Phi) is 3.75. The molecule has 0 amide bonds. The van der Waals surface area contributed by atoms with Crippen LogP contribution in [-0.2, 0) is 11.3 Å². The van der Waals surface area contributed by atoms with E-state index in [2.05, 4.69) is 20.3 Å². The Morgan fingerprint density at radius 3 is 2.64 bits per heavy atom. The van der Waals surface area contributed by atoms with Crippen molar-refractivity contribution in [2.24, 2.45) is 0 Å². The summed E-state index contributed by atoms with van der Waals surface area (Å²) in [5.41, 5.74) is -0.108. The van der Waals surface area contributed by atoms with Gasteiger partial charge < -0.3 is 10.1 Å². The van der Waals surface area contributed by atoms with Crippen LogP contribution in [-0.4, -0.2) is 26.1 Å². The number of anilines is 1. The first-order valence-electron chi connectivity index (χ1n) is 7.42. The van der Waals surface area contributed by atoms with Gasteiger partial charge in [0, 0.05) is 18.5 Å². The Labute approximate surface area is 138 Å². The van der Waals surface area contributed by atoms with Gasteiger partial charge in [-0.1, -0.05) is 0 Å². The molecular formula is C15H11F4N5O. The quantitative estimate of drug-likeness (QED) is 0.444. The van der Waals surface area contributed by atoms with Gasteiger partial charge in [-0.2, -0.15) is 14.4 Å². The maximum absolute atomic E-state index is 13.7. The minimum absolute atomic E-state index is 0.0522. The summed E-state index contributed by atoms with van der Waals surface area (Å²) in [6.45, 7) is 0.148. The summed E-state index contributed by atoms with van der Waals surface area (Å²) >= 11 is 0. The highest BCUT2D eigenvalue weighted by Crippen LogP contribution is 2.29. The number of nitrogens with one attached hydrogen (secondary N) is 1. The summed E-state index contributed by atoms with van der Waals surface area (Å²) in [6.07, 6.45) is 0.845. The molecule has 10 heteroatoms. The molecule has 0 radical (unpaired) electrons. The lowest BCUT2D eigenvalue weighted by molar-refractivity contribution is -0.0974. The van der Waals surface area contributed by atoms with Crippen molar-refractivity contribution in [2.75, 3.05) is 11.9 Å². The first kappa shape index (κ1) is 15.8. The van der Waals surface area contributed by atoms with Gasteiger partial charge in [-0.05, 0) is 12.1 Å². The van der Waals surface area contributed by atoms with Crippen LogP contribution in [0.1, 0.15) is 18.2 Å². The molecule has 6 nitrogen and oxygen atoms in total. The molecule has 1 unspecified atom stereocenters. The Morgan fingerprint density at radius 1 is 1.16 bits per heavy atom. The van der Waals surface area contributed by atoms with Gasteiger partial charge >= 0.3 is 6.08 Å². The second-order valence-electron chi connectivity index (χ2n) is 5.45. The first-order chi connectivity index (χ1) is 12.0. The molecule has 2 aromatic heterocycles. The molecule has 3 heterocycles. The van der Waals surface area contributed by atoms with Crippen molar-refractivity contribution < 1.29 is 22.3 Å². The van der Waals surface area contributed by atoms with Crippen LogP contribution in [0.15, 0.2) is 18.5 Å². The average Bonchev–Trinajstić information content (AvgIpc) is 2.93. The molecular weight excluding hydrogens is 342 g/mol. The number of fused-ring (bicyclic) bond motifs is 1. The molecule has 3 aromatic rings. The molecule has 0 aliphatic carbocycles. The van der Waals surface area contributed by atoms with Crippen LogP contribution < -0.4 is 5.32 Å². The molecule has 0 bridgehead atoms. The zero-order chi connectivity index (χ0) is 17.6. The second-order valence-corrected chi connectivity index (χ2v) is 5.45. The Morgan fingerprint density at radius 2 is 1.92 bits per heavy atom. The van der Waals surface area contributed by atoms with Crippen LogP contribution in [0.3, 0.4) is 0 Å². The van der Waals surface area contributed by atoms with Crippen molar-refractivity contribution in [3.63, 3.8) is 0 Å². The molecule has 0 saturated carbocycles. The Hall–Kier alpha value is -2.75. The van der Waals surface area contributed by atoms with Gasteiger partial charge in [-0.25, -0.2) is 18.2 Å². The lowest BCUT2D eigenvalue weighted by atomic mass is 10.2. The molecule has 1 aliphatic heterocycles. The summed E-state index contributed by atoms with van der Waals surface area (Å²) in [5.74, 6) is -3.47. The number of benzene rings is 1. The number of rotatable bonds is 4. The number of hydrogen-bond donors (Lipinski definition) is 1. The number of ether oxygens (including phenoxy) is 1. The SMILES string of the molecule is Fc1nc(NCc2c(F)ccc(F)c2F)c2ncn(C3CCO3)c2n1.